The Kier molecular flexibility index (Phi) is 8.21. The van der Waals surface area contributed by atoms with Gasteiger partial charge in [0, 0.05) is 36.2 Å². The molecule has 1 fully saturated rings. The van der Waals surface area contributed by atoms with Crippen molar-refractivity contribution in [3.05, 3.63) is 111 Å². The first kappa shape index (κ1) is 28.7. The first-order valence-corrected chi connectivity index (χ1v) is 14.0. The maximum Gasteiger partial charge on any atom is 0.296 e. The second-order valence-electron chi connectivity index (χ2n) is 10.2. The van der Waals surface area contributed by atoms with E-state index in [1.54, 1.807) is 18.3 Å². The summed E-state index contributed by atoms with van der Waals surface area (Å²) in [5, 5.41) is 19.0. The van der Waals surface area contributed by atoms with Crippen LogP contribution < -0.4 is 15.4 Å². The van der Waals surface area contributed by atoms with E-state index in [1.165, 1.54) is 13.2 Å². The highest BCUT2D eigenvalue weighted by atomic mass is 32.1. The predicted molar refractivity (Wildman–Crippen MR) is 165 cm³/mol. The third-order valence-electron chi connectivity index (χ3n) is 7.61. The Morgan fingerprint density at radius 1 is 1.12 bits per heavy atom. The number of para-hydroxylation sites is 1. The fourth-order valence-corrected chi connectivity index (χ4v) is 5.89. The molecule has 2 aromatic heterocycles. The number of nitrogens with one attached hydrogen (secondary N) is 2. The molecule has 2 aromatic carbocycles. The molecule has 0 radical (unpaired) electrons. The van der Waals surface area contributed by atoms with Crippen LogP contribution in [0.3, 0.4) is 0 Å². The summed E-state index contributed by atoms with van der Waals surface area (Å²) in [5.74, 6) is 0.287. The van der Waals surface area contributed by atoms with Crippen LogP contribution in [0.25, 0.3) is 5.69 Å². The Hall–Kier alpha value is -4.77. The van der Waals surface area contributed by atoms with Crippen molar-refractivity contribution in [2.24, 2.45) is 0 Å². The van der Waals surface area contributed by atoms with Crippen LogP contribution in [-0.2, 0) is 4.79 Å². The number of ether oxygens (including phenoxy) is 1. The van der Waals surface area contributed by atoms with E-state index < -0.39 is 4.92 Å². The van der Waals surface area contributed by atoms with E-state index in [0.717, 1.165) is 33.9 Å². The van der Waals surface area contributed by atoms with E-state index in [1.807, 2.05) is 78.8 Å². The molecule has 216 valence electrons. The fourth-order valence-electron chi connectivity index (χ4n) is 5.56. The van der Waals surface area contributed by atoms with Gasteiger partial charge >= 0.3 is 0 Å². The van der Waals surface area contributed by atoms with Gasteiger partial charge in [-0.3, -0.25) is 19.9 Å². The molecule has 0 aliphatic carbocycles. The summed E-state index contributed by atoms with van der Waals surface area (Å²) in [5.41, 5.74) is 5.52. The molecule has 1 amide bonds. The van der Waals surface area contributed by atoms with Gasteiger partial charge in [-0.25, -0.2) is 0 Å². The highest BCUT2D eigenvalue weighted by molar-refractivity contribution is 7.80. The van der Waals surface area contributed by atoms with Crippen LogP contribution in [0.4, 0.5) is 11.4 Å². The van der Waals surface area contributed by atoms with Gasteiger partial charge in [0.2, 0.25) is 5.91 Å². The van der Waals surface area contributed by atoms with Gasteiger partial charge in [0.15, 0.2) is 5.11 Å². The normalized spacial score (nSPS) is 16.3. The highest BCUT2D eigenvalue weighted by Crippen LogP contribution is 2.42. The van der Waals surface area contributed by atoms with Crippen molar-refractivity contribution in [3.8, 4) is 11.4 Å². The van der Waals surface area contributed by atoms with Crippen LogP contribution in [0, 0.1) is 30.9 Å². The molecule has 42 heavy (non-hydrogen) atoms. The fraction of sp³-hybridized carbons (Fsp3) is 0.258. The summed E-state index contributed by atoms with van der Waals surface area (Å²) < 4.78 is 7.12. The van der Waals surface area contributed by atoms with E-state index in [-0.39, 0.29) is 30.1 Å². The van der Waals surface area contributed by atoms with Gasteiger partial charge in [-0.1, -0.05) is 24.3 Å². The molecular weight excluding hydrogens is 552 g/mol. The molecule has 5 rings (SSSR count). The van der Waals surface area contributed by atoms with Gasteiger partial charge in [-0.05, 0) is 80.5 Å². The number of carbonyl (C=O) groups excluding carboxylic acids is 1. The number of pyridine rings is 1. The molecule has 11 heteroatoms. The molecule has 0 bridgehead atoms. The van der Waals surface area contributed by atoms with Gasteiger partial charge in [-0.15, -0.1) is 0 Å². The zero-order valence-electron chi connectivity index (χ0n) is 23.8. The first-order chi connectivity index (χ1) is 20.2. The maximum atomic E-state index is 13.0. The average Bonchev–Trinajstić information content (AvgIpc) is 3.47. The van der Waals surface area contributed by atoms with Crippen molar-refractivity contribution in [1.29, 1.82) is 0 Å². The van der Waals surface area contributed by atoms with Crippen LogP contribution in [0.5, 0.6) is 5.75 Å². The van der Waals surface area contributed by atoms with Crippen LogP contribution in [0.1, 0.15) is 46.7 Å². The number of nitro groups is 1. The number of hydrogen-bond acceptors (Lipinski definition) is 6. The molecular formula is C31H32N6O4S. The van der Waals surface area contributed by atoms with E-state index in [9.17, 15) is 14.9 Å². The number of aromatic nitrogens is 2. The zero-order valence-corrected chi connectivity index (χ0v) is 24.6. The molecule has 0 saturated carbocycles. The molecule has 1 saturated heterocycles. The second-order valence-corrected chi connectivity index (χ2v) is 10.6. The number of nitrogens with zero attached hydrogens (tertiary/aromatic N) is 4. The lowest BCUT2D eigenvalue weighted by Crippen LogP contribution is -2.33. The Labute approximate surface area is 249 Å². The van der Waals surface area contributed by atoms with E-state index >= 15 is 0 Å². The molecule has 2 N–H and O–H groups in total. The van der Waals surface area contributed by atoms with Crippen molar-refractivity contribution in [2.75, 3.05) is 19.0 Å². The van der Waals surface area contributed by atoms with Crippen molar-refractivity contribution in [2.45, 2.75) is 39.3 Å². The summed E-state index contributed by atoms with van der Waals surface area (Å²) >= 11 is 5.80. The van der Waals surface area contributed by atoms with Crippen molar-refractivity contribution < 1.29 is 14.5 Å². The molecule has 10 nitrogen and oxygen atoms in total. The molecule has 3 heterocycles. The number of carbonyl (C=O) groups is 1. The molecule has 2 atom stereocenters. The molecule has 4 aromatic rings. The Balaban J connectivity index is 1.52. The number of methoxy groups -OCH3 is 1. The number of benzene rings is 2. The average molecular weight is 585 g/mol. The molecule has 1 aliphatic heterocycles. The summed E-state index contributed by atoms with van der Waals surface area (Å²) in [6.07, 6.45) is 1.95. The van der Waals surface area contributed by atoms with Gasteiger partial charge in [0.1, 0.15) is 11.4 Å². The summed E-state index contributed by atoms with van der Waals surface area (Å²) in [7, 11) is 1.48. The monoisotopic (exact) mass is 584 g/mol. The van der Waals surface area contributed by atoms with E-state index in [4.69, 9.17) is 17.0 Å². The minimum atomic E-state index is -0.404. The van der Waals surface area contributed by atoms with Crippen LogP contribution >= 0.6 is 12.2 Å². The number of anilines is 1. The molecule has 0 spiro atoms. The number of amides is 1. The highest BCUT2D eigenvalue weighted by Gasteiger charge is 2.41. The summed E-state index contributed by atoms with van der Waals surface area (Å²) in [6, 6.07) is 19.6. The summed E-state index contributed by atoms with van der Waals surface area (Å²) in [4.78, 5) is 31.2. The maximum absolute atomic E-state index is 13.0. The van der Waals surface area contributed by atoms with E-state index in [0.29, 0.717) is 23.1 Å². The van der Waals surface area contributed by atoms with Crippen LogP contribution in [0.15, 0.2) is 72.9 Å². The lowest BCUT2D eigenvalue weighted by molar-refractivity contribution is -0.384. The minimum absolute atomic E-state index is 0.0613. The smallest absolute Gasteiger partial charge is 0.296 e. The van der Waals surface area contributed by atoms with Crippen LogP contribution in [-0.4, -0.2) is 44.0 Å². The van der Waals surface area contributed by atoms with Crippen molar-refractivity contribution >= 4 is 34.6 Å². The van der Waals surface area contributed by atoms with Crippen LogP contribution in [0.2, 0.25) is 0 Å². The Morgan fingerprint density at radius 3 is 2.57 bits per heavy atom. The first-order valence-electron chi connectivity index (χ1n) is 13.5. The largest absolute Gasteiger partial charge is 0.496 e. The predicted octanol–water partition coefficient (Wildman–Crippen LogP) is 5.72. The number of nitro benzene ring substituents is 1. The molecule has 0 unspecified atom stereocenters. The number of aryl methyl sites for hydroxylation is 2. The molecule has 1 aliphatic rings. The van der Waals surface area contributed by atoms with Crippen molar-refractivity contribution in [3.63, 3.8) is 0 Å². The number of hydrogen-bond donors (Lipinski definition) is 2. The lowest BCUT2D eigenvalue weighted by Gasteiger charge is -2.28. The van der Waals surface area contributed by atoms with Crippen molar-refractivity contribution in [1.82, 2.24) is 19.8 Å². The lowest BCUT2D eigenvalue weighted by atomic mass is 9.96. The van der Waals surface area contributed by atoms with Gasteiger partial charge in [0.25, 0.3) is 5.69 Å². The van der Waals surface area contributed by atoms with Gasteiger partial charge in [0.05, 0.1) is 35.9 Å². The third-order valence-corrected chi connectivity index (χ3v) is 7.96. The topological polar surface area (TPSA) is 115 Å². The Bertz CT molecular complexity index is 1650. The Morgan fingerprint density at radius 2 is 1.88 bits per heavy atom. The zero-order chi connectivity index (χ0) is 30.0. The second kappa shape index (κ2) is 12.0. The minimum Gasteiger partial charge on any atom is -0.496 e. The van der Waals surface area contributed by atoms with Gasteiger partial charge < -0.3 is 24.8 Å². The number of thiocarbonyl (C=S) groups is 1. The van der Waals surface area contributed by atoms with E-state index in [2.05, 4.69) is 15.6 Å². The SMILES string of the molecule is COc1ccc(-n2c(C)cc([C@@H]3[C@H](c4ccccn4)NC(=S)N3CCC(=O)Nc3ccccc3C)c2C)c([N+](=O)[O-])c1. The summed E-state index contributed by atoms with van der Waals surface area (Å²) in [6.45, 7) is 6.17. The van der Waals surface area contributed by atoms with Gasteiger partial charge in [-0.2, -0.15) is 0 Å². The number of rotatable bonds is 9. The quantitative estimate of drug-likeness (QED) is 0.146. The standard InChI is InChI=1S/C31H32N6O4S/c1-19-9-5-6-10-24(19)33-28(38)14-16-35-30(29(34-31(35)42)25-11-7-8-15-32-25)23-17-20(2)36(21(23)3)26-13-12-22(41-4)18-27(26)37(39)40/h5-13,15,17-18,29-30H,14,16H2,1-4H3,(H,33,38)(H,34,42)/t29-,30+/m0/s1. The third kappa shape index (κ3) is 5.55.